The first-order valence-electron chi connectivity index (χ1n) is 3.66. The molecule has 3 atom stereocenters. The van der Waals surface area contributed by atoms with Crippen LogP contribution in [0.2, 0.25) is 0 Å². The van der Waals surface area contributed by atoms with Crippen LogP contribution in [-0.4, -0.2) is 35.6 Å². The van der Waals surface area contributed by atoms with Crippen LogP contribution >= 0.6 is 0 Å². The Morgan fingerprint density at radius 2 is 2.45 bits per heavy atom. The van der Waals surface area contributed by atoms with Crippen molar-refractivity contribution in [3.8, 4) is 12.3 Å². The van der Waals surface area contributed by atoms with Crippen LogP contribution in [0.3, 0.4) is 0 Å². The molecule has 2 unspecified atom stereocenters. The normalized spacial score (nSPS) is 33.2. The van der Waals surface area contributed by atoms with E-state index in [1.165, 1.54) is 0 Å². The van der Waals surface area contributed by atoms with E-state index in [9.17, 15) is 5.11 Å². The van der Waals surface area contributed by atoms with Crippen molar-refractivity contribution < 1.29 is 14.9 Å². The number of ether oxygens (including phenoxy) is 1. The highest BCUT2D eigenvalue weighted by Gasteiger charge is 2.32. The van der Waals surface area contributed by atoms with Crippen LogP contribution in [0.1, 0.15) is 6.42 Å². The zero-order valence-electron chi connectivity index (χ0n) is 6.23. The minimum absolute atomic E-state index is 0.0443. The van der Waals surface area contributed by atoms with Gasteiger partial charge in [0.1, 0.15) is 6.10 Å². The Labute approximate surface area is 66.0 Å². The Bertz CT molecular complexity index is 161. The van der Waals surface area contributed by atoms with Crippen LogP contribution in [0.15, 0.2) is 0 Å². The average Bonchev–Trinajstić information content (AvgIpc) is 2.50. The number of aliphatic hydroxyl groups is 2. The second kappa shape index (κ2) is 3.72. The van der Waals surface area contributed by atoms with Crippen LogP contribution < -0.4 is 0 Å². The molecule has 1 rings (SSSR count). The molecule has 0 radical (unpaired) electrons. The maximum atomic E-state index is 9.19. The summed E-state index contributed by atoms with van der Waals surface area (Å²) in [4.78, 5) is 0. The molecule has 0 bridgehead atoms. The molecule has 62 valence electrons. The fraction of sp³-hybridized carbons (Fsp3) is 0.750. The molecule has 11 heavy (non-hydrogen) atoms. The highest BCUT2D eigenvalue weighted by atomic mass is 16.5. The van der Waals surface area contributed by atoms with E-state index in [1.807, 2.05) is 0 Å². The third kappa shape index (κ3) is 1.72. The molecule has 0 aromatic heterocycles. The van der Waals surface area contributed by atoms with Gasteiger partial charge in [-0.3, -0.25) is 0 Å². The first kappa shape index (κ1) is 8.54. The first-order valence-corrected chi connectivity index (χ1v) is 3.66. The van der Waals surface area contributed by atoms with Crippen molar-refractivity contribution in [3.63, 3.8) is 0 Å². The van der Waals surface area contributed by atoms with Crippen LogP contribution in [0.4, 0.5) is 0 Å². The summed E-state index contributed by atoms with van der Waals surface area (Å²) < 4.78 is 5.16. The number of terminal acetylenes is 1. The second-order valence-corrected chi connectivity index (χ2v) is 2.65. The van der Waals surface area contributed by atoms with Gasteiger partial charge in [-0.2, -0.15) is 0 Å². The molecule has 1 heterocycles. The summed E-state index contributed by atoms with van der Waals surface area (Å²) >= 11 is 0. The second-order valence-electron chi connectivity index (χ2n) is 2.65. The molecule has 1 aliphatic heterocycles. The Hall–Kier alpha value is -0.560. The van der Waals surface area contributed by atoms with Crippen molar-refractivity contribution >= 4 is 0 Å². The Balaban J connectivity index is 2.51. The molecule has 1 fully saturated rings. The van der Waals surface area contributed by atoms with E-state index in [4.69, 9.17) is 16.3 Å². The quantitative estimate of drug-likeness (QED) is 0.524. The first-order chi connectivity index (χ1) is 5.29. The van der Waals surface area contributed by atoms with Crippen molar-refractivity contribution in [2.75, 3.05) is 13.2 Å². The zero-order chi connectivity index (χ0) is 8.27. The monoisotopic (exact) mass is 156 g/mol. The van der Waals surface area contributed by atoms with Gasteiger partial charge in [-0.1, -0.05) is 0 Å². The number of aliphatic hydroxyl groups excluding tert-OH is 2. The third-order valence-electron chi connectivity index (χ3n) is 1.92. The van der Waals surface area contributed by atoms with Crippen LogP contribution in [-0.2, 0) is 4.74 Å². The summed E-state index contributed by atoms with van der Waals surface area (Å²) in [6, 6.07) is 0. The van der Waals surface area contributed by atoms with E-state index in [2.05, 4.69) is 5.92 Å². The van der Waals surface area contributed by atoms with Crippen molar-refractivity contribution in [2.24, 2.45) is 5.92 Å². The maximum absolute atomic E-state index is 9.19. The maximum Gasteiger partial charge on any atom is 0.104 e. The van der Waals surface area contributed by atoms with E-state index < -0.39 is 6.10 Å². The lowest BCUT2D eigenvalue weighted by atomic mass is 9.99. The number of hydrogen-bond donors (Lipinski definition) is 2. The van der Waals surface area contributed by atoms with Gasteiger partial charge in [-0.15, -0.1) is 12.3 Å². The SMILES string of the molecule is C#C[C@@H]1CCOC1C(O)CO. The molecule has 1 aliphatic rings. The van der Waals surface area contributed by atoms with Gasteiger partial charge in [0.15, 0.2) is 0 Å². The highest BCUT2D eigenvalue weighted by Crippen LogP contribution is 2.22. The lowest BCUT2D eigenvalue weighted by molar-refractivity contribution is -0.0366. The molecular formula is C8H12O3. The van der Waals surface area contributed by atoms with Gasteiger partial charge in [0.25, 0.3) is 0 Å². The van der Waals surface area contributed by atoms with Gasteiger partial charge in [0.05, 0.1) is 18.6 Å². The lowest BCUT2D eigenvalue weighted by Gasteiger charge is -2.18. The summed E-state index contributed by atoms with van der Waals surface area (Å²) in [5, 5.41) is 17.8. The van der Waals surface area contributed by atoms with Crippen LogP contribution in [0.5, 0.6) is 0 Å². The van der Waals surface area contributed by atoms with Gasteiger partial charge in [0.2, 0.25) is 0 Å². The van der Waals surface area contributed by atoms with Gasteiger partial charge < -0.3 is 14.9 Å². The number of hydrogen-bond acceptors (Lipinski definition) is 3. The molecule has 3 nitrogen and oxygen atoms in total. The van der Waals surface area contributed by atoms with E-state index in [-0.39, 0.29) is 18.6 Å². The smallest absolute Gasteiger partial charge is 0.104 e. The highest BCUT2D eigenvalue weighted by molar-refractivity contribution is 5.01. The fourth-order valence-corrected chi connectivity index (χ4v) is 1.27. The molecule has 0 aliphatic carbocycles. The Morgan fingerprint density at radius 1 is 1.73 bits per heavy atom. The van der Waals surface area contributed by atoms with Crippen LogP contribution in [0, 0.1) is 18.3 Å². The molecular weight excluding hydrogens is 144 g/mol. The zero-order valence-corrected chi connectivity index (χ0v) is 6.23. The molecule has 3 heteroatoms. The average molecular weight is 156 g/mol. The number of rotatable bonds is 2. The van der Waals surface area contributed by atoms with Crippen molar-refractivity contribution in [1.29, 1.82) is 0 Å². The topological polar surface area (TPSA) is 49.7 Å². The summed E-state index contributed by atoms with van der Waals surface area (Å²) in [7, 11) is 0. The molecule has 0 aromatic carbocycles. The predicted octanol–water partition coefficient (Wildman–Crippen LogP) is -0.622. The van der Waals surface area contributed by atoms with Gasteiger partial charge >= 0.3 is 0 Å². The molecule has 1 saturated heterocycles. The minimum Gasteiger partial charge on any atom is -0.394 e. The lowest BCUT2D eigenvalue weighted by Crippen LogP contribution is -2.33. The van der Waals surface area contributed by atoms with Gasteiger partial charge in [0, 0.05) is 6.61 Å². The summed E-state index contributed by atoms with van der Waals surface area (Å²) in [6.07, 6.45) is 4.76. The minimum atomic E-state index is -0.835. The fourth-order valence-electron chi connectivity index (χ4n) is 1.27. The molecule has 0 saturated carbocycles. The Kier molecular flexibility index (Phi) is 2.89. The molecule has 0 amide bonds. The van der Waals surface area contributed by atoms with Crippen molar-refractivity contribution in [1.82, 2.24) is 0 Å². The largest absolute Gasteiger partial charge is 0.394 e. The standard InChI is InChI=1S/C8H12O3/c1-2-6-3-4-11-8(6)7(10)5-9/h1,6-10H,3-5H2/t6-,7?,8?/m1/s1. The Morgan fingerprint density at radius 3 is 3.00 bits per heavy atom. The van der Waals surface area contributed by atoms with E-state index in [0.29, 0.717) is 6.61 Å². The van der Waals surface area contributed by atoms with Crippen molar-refractivity contribution in [2.45, 2.75) is 18.6 Å². The van der Waals surface area contributed by atoms with E-state index >= 15 is 0 Å². The van der Waals surface area contributed by atoms with Gasteiger partial charge in [-0.05, 0) is 6.42 Å². The van der Waals surface area contributed by atoms with Crippen LogP contribution in [0.25, 0.3) is 0 Å². The predicted molar refractivity (Wildman–Crippen MR) is 39.8 cm³/mol. The summed E-state index contributed by atoms with van der Waals surface area (Å²) in [6.45, 7) is 0.291. The summed E-state index contributed by atoms with van der Waals surface area (Å²) in [5.74, 6) is 2.49. The van der Waals surface area contributed by atoms with Gasteiger partial charge in [-0.25, -0.2) is 0 Å². The summed E-state index contributed by atoms with van der Waals surface area (Å²) in [5.41, 5.74) is 0. The molecule has 2 N–H and O–H groups in total. The third-order valence-corrected chi connectivity index (χ3v) is 1.92. The van der Waals surface area contributed by atoms with Crippen molar-refractivity contribution in [3.05, 3.63) is 0 Å². The molecule has 0 aromatic rings. The van der Waals surface area contributed by atoms with E-state index in [0.717, 1.165) is 6.42 Å². The molecule has 0 spiro atoms. The van der Waals surface area contributed by atoms with E-state index in [1.54, 1.807) is 0 Å².